The first-order valence-electron chi connectivity index (χ1n) is 25.1. The smallest absolute Gasteiger partial charge is 0.226 e. The number of aromatic nitrogens is 5. The number of para-hydroxylation sites is 1. The zero-order valence-corrected chi connectivity index (χ0v) is 40.8. The number of benzene rings is 7. The predicted molar refractivity (Wildman–Crippen MR) is 297 cm³/mol. The normalized spacial score (nSPS) is 14.1. The minimum absolute atomic E-state index is 0.0715. The molecule has 10 aromatic rings. The quantitative estimate of drug-likeness (QED) is 0.0898. The van der Waals surface area contributed by atoms with Gasteiger partial charge in [0.15, 0.2) is 17.2 Å². The van der Waals surface area contributed by atoms with Gasteiger partial charge in [-0.2, -0.15) is 0 Å². The summed E-state index contributed by atoms with van der Waals surface area (Å²) < 4.78 is 9.08. The SMILES string of the molecule is C=C(/C=C\CCCC)c1nc2ccc3c4cc(-c5ccc6c(c5)C(C)(C)c5ccccc5N6C5C=CC=CC=C5)ccc4n(-c4ccc(-c5nc(Cc6ccccc6)nc(-c6ccccc6)n5)cc4)c3c2o1. The van der Waals surface area contributed by atoms with Crippen molar-refractivity contribution in [3.05, 3.63) is 241 Å². The summed E-state index contributed by atoms with van der Waals surface area (Å²) in [6.45, 7) is 11.3. The molecule has 0 saturated heterocycles. The lowest BCUT2D eigenvalue weighted by Crippen LogP contribution is -2.37. The summed E-state index contributed by atoms with van der Waals surface area (Å²) in [6.07, 6.45) is 21.1. The van der Waals surface area contributed by atoms with E-state index in [1.165, 1.54) is 22.5 Å². The minimum atomic E-state index is -0.236. The Morgan fingerprint density at radius 1 is 0.639 bits per heavy atom. The molecule has 350 valence electrons. The van der Waals surface area contributed by atoms with Gasteiger partial charge in [0, 0.05) is 56.4 Å². The molecular weight excluding hydrogens is 881 g/mol. The third-order valence-corrected chi connectivity index (χ3v) is 14.3. The number of hydrogen-bond donors (Lipinski definition) is 0. The Hall–Kier alpha value is -8.68. The van der Waals surface area contributed by atoms with E-state index in [-0.39, 0.29) is 11.5 Å². The molecule has 0 fully saturated rings. The summed E-state index contributed by atoms with van der Waals surface area (Å²) in [7, 11) is 0. The van der Waals surface area contributed by atoms with Crippen LogP contribution in [0, 0.1) is 0 Å². The monoisotopic (exact) mass is 934 g/mol. The second kappa shape index (κ2) is 18.6. The number of oxazole rings is 1. The van der Waals surface area contributed by atoms with E-state index >= 15 is 0 Å². The van der Waals surface area contributed by atoms with Gasteiger partial charge in [-0.25, -0.2) is 19.9 Å². The Bertz CT molecular complexity index is 3800. The van der Waals surface area contributed by atoms with Gasteiger partial charge in [-0.05, 0) is 101 Å². The van der Waals surface area contributed by atoms with Crippen molar-refractivity contribution in [1.82, 2.24) is 24.5 Å². The van der Waals surface area contributed by atoms with Gasteiger partial charge < -0.3 is 13.9 Å². The molecule has 0 unspecified atom stereocenters. The highest BCUT2D eigenvalue weighted by Gasteiger charge is 2.38. The van der Waals surface area contributed by atoms with Crippen LogP contribution in [0.25, 0.3) is 78.1 Å². The van der Waals surface area contributed by atoms with Crippen molar-refractivity contribution < 1.29 is 4.42 Å². The maximum atomic E-state index is 6.77. The van der Waals surface area contributed by atoms with Crippen LogP contribution in [0.1, 0.15) is 68.4 Å². The summed E-state index contributed by atoms with van der Waals surface area (Å²) in [5.41, 5.74) is 15.3. The number of nitrogens with zero attached hydrogens (tertiary/aromatic N) is 6. The number of hydrogen-bond acceptors (Lipinski definition) is 6. The van der Waals surface area contributed by atoms with Crippen molar-refractivity contribution in [2.45, 2.75) is 57.9 Å². The van der Waals surface area contributed by atoms with E-state index in [9.17, 15) is 0 Å². The van der Waals surface area contributed by atoms with E-state index in [0.717, 1.165) is 85.7 Å². The molecule has 1 aliphatic carbocycles. The molecule has 72 heavy (non-hydrogen) atoms. The number of anilines is 2. The van der Waals surface area contributed by atoms with Gasteiger partial charge in [0.25, 0.3) is 0 Å². The molecule has 1 aliphatic heterocycles. The van der Waals surface area contributed by atoms with Crippen LogP contribution in [0.3, 0.4) is 0 Å². The number of unbranched alkanes of at least 4 members (excludes halogenated alkanes) is 2. The first kappa shape index (κ1) is 44.5. The van der Waals surface area contributed by atoms with Crippen LogP contribution in [0.4, 0.5) is 11.4 Å². The highest BCUT2D eigenvalue weighted by atomic mass is 16.3. The summed E-state index contributed by atoms with van der Waals surface area (Å²) in [5, 5.41) is 2.19. The summed E-state index contributed by atoms with van der Waals surface area (Å²) in [5.74, 6) is 2.51. The van der Waals surface area contributed by atoms with Crippen LogP contribution < -0.4 is 4.90 Å². The zero-order valence-electron chi connectivity index (χ0n) is 40.8. The summed E-state index contributed by atoms with van der Waals surface area (Å²) in [6, 6.07) is 56.1. The fraction of sp³-hybridized carbons (Fsp3) is 0.138. The van der Waals surface area contributed by atoms with Crippen LogP contribution in [0.15, 0.2) is 217 Å². The highest BCUT2D eigenvalue weighted by Crippen LogP contribution is 2.51. The number of rotatable bonds is 12. The number of allylic oxidation sites excluding steroid dienone is 7. The zero-order chi connectivity index (χ0) is 48.8. The molecule has 3 aromatic heterocycles. The van der Waals surface area contributed by atoms with Crippen molar-refractivity contribution in [2.75, 3.05) is 4.90 Å². The molecule has 0 saturated carbocycles. The second-order valence-corrected chi connectivity index (χ2v) is 19.3. The topological polar surface area (TPSA) is 72.9 Å². The molecule has 7 nitrogen and oxygen atoms in total. The van der Waals surface area contributed by atoms with Crippen LogP contribution in [-0.4, -0.2) is 30.5 Å². The van der Waals surface area contributed by atoms with Crippen molar-refractivity contribution in [3.8, 4) is 39.6 Å². The standard InChI is InChI=1S/C65H54N6O/c1-5-6-7-12-21-43(2)64-66-55-37-36-51-52-41-47(48-33-39-58-54(42-48)65(3,4)53-28-19-20-29-57(53)70(58)49-26-17-8-9-18-27-49)32-38-56(52)71(60(51)61(55)72-64)50-34-30-46(31-35-50)63-68-59(40-44-22-13-10-14-23-44)67-62(69-63)45-24-15-11-16-25-45/h8-39,41-42,49H,2,5-7,40H2,1,3-4H3/b21-12-. The molecule has 0 N–H and O–H groups in total. The van der Waals surface area contributed by atoms with Gasteiger partial charge in [-0.3, -0.25) is 0 Å². The second-order valence-electron chi connectivity index (χ2n) is 19.3. The molecule has 0 atom stereocenters. The van der Waals surface area contributed by atoms with E-state index in [4.69, 9.17) is 24.4 Å². The molecule has 0 spiro atoms. The van der Waals surface area contributed by atoms with Crippen molar-refractivity contribution >= 4 is 49.9 Å². The molecule has 7 heteroatoms. The predicted octanol–water partition coefficient (Wildman–Crippen LogP) is 16.3. The van der Waals surface area contributed by atoms with Crippen LogP contribution in [-0.2, 0) is 11.8 Å². The molecule has 7 aromatic carbocycles. The van der Waals surface area contributed by atoms with Crippen LogP contribution >= 0.6 is 0 Å². The minimum Gasteiger partial charge on any atom is -0.434 e. The summed E-state index contributed by atoms with van der Waals surface area (Å²) >= 11 is 0. The van der Waals surface area contributed by atoms with E-state index in [1.54, 1.807) is 0 Å². The lowest BCUT2D eigenvalue weighted by Gasteiger charge is -2.44. The Balaban J connectivity index is 0.992. The van der Waals surface area contributed by atoms with Gasteiger partial charge in [0.05, 0.1) is 17.1 Å². The van der Waals surface area contributed by atoms with Crippen molar-refractivity contribution in [2.24, 2.45) is 0 Å². The van der Waals surface area contributed by atoms with Gasteiger partial charge in [-0.15, -0.1) is 0 Å². The molecule has 0 amide bonds. The lowest BCUT2D eigenvalue weighted by atomic mass is 9.72. The Morgan fingerprint density at radius 2 is 1.31 bits per heavy atom. The van der Waals surface area contributed by atoms with Gasteiger partial charge in [0.1, 0.15) is 11.3 Å². The fourth-order valence-corrected chi connectivity index (χ4v) is 10.5. The van der Waals surface area contributed by atoms with E-state index in [1.807, 2.05) is 54.6 Å². The first-order chi connectivity index (χ1) is 35.3. The van der Waals surface area contributed by atoms with Crippen LogP contribution in [0.2, 0.25) is 0 Å². The Morgan fingerprint density at radius 3 is 2.07 bits per heavy atom. The van der Waals surface area contributed by atoms with Crippen LogP contribution in [0.5, 0.6) is 0 Å². The maximum Gasteiger partial charge on any atom is 0.226 e. The van der Waals surface area contributed by atoms with E-state index in [2.05, 4.69) is 189 Å². The molecule has 4 heterocycles. The van der Waals surface area contributed by atoms with Crippen molar-refractivity contribution in [3.63, 3.8) is 0 Å². The average molecular weight is 935 g/mol. The molecule has 2 aliphatic rings. The third kappa shape index (κ3) is 8.07. The van der Waals surface area contributed by atoms with E-state index in [0.29, 0.717) is 35.4 Å². The third-order valence-electron chi connectivity index (χ3n) is 14.3. The Kier molecular flexibility index (Phi) is 11.5. The van der Waals surface area contributed by atoms with Crippen molar-refractivity contribution in [1.29, 1.82) is 0 Å². The first-order valence-corrected chi connectivity index (χ1v) is 25.1. The largest absolute Gasteiger partial charge is 0.434 e. The van der Waals surface area contributed by atoms with Gasteiger partial charge >= 0.3 is 0 Å². The molecule has 0 radical (unpaired) electrons. The average Bonchev–Trinajstić information content (AvgIpc) is 3.89. The lowest BCUT2D eigenvalue weighted by molar-refractivity contribution is 0.587. The molecule has 0 bridgehead atoms. The number of fused-ring (bicyclic) bond motifs is 7. The van der Waals surface area contributed by atoms with E-state index < -0.39 is 0 Å². The molecule has 12 rings (SSSR count). The highest BCUT2D eigenvalue weighted by molar-refractivity contribution is 6.17. The summed E-state index contributed by atoms with van der Waals surface area (Å²) in [4.78, 5) is 22.5. The molecular formula is C65H54N6O. The Labute approximate surface area is 420 Å². The fourth-order valence-electron chi connectivity index (χ4n) is 10.5. The van der Waals surface area contributed by atoms with Gasteiger partial charge in [0.2, 0.25) is 5.89 Å². The van der Waals surface area contributed by atoms with Gasteiger partial charge in [-0.1, -0.05) is 180 Å². The maximum absolute atomic E-state index is 6.77.